The van der Waals surface area contributed by atoms with Crippen molar-refractivity contribution < 1.29 is 22.8 Å². The zero-order valence-electron chi connectivity index (χ0n) is 22.3. The second-order valence-electron chi connectivity index (χ2n) is 9.40. The molecule has 2 heterocycles. The maximum absolute atomic E-state index is 13.8. The SMILES string of the molecule is Cc1c(C(=O)Nc2ccccc2C(F)(F)F)sc2nc(SCC(=O)c3ccccc3)n(CCc3ccccc3)c(=O)c12. The average Bonchev–Trinajstić information content (AvgIpc) is 3.32. The van der Waals surface area contributed by atoms with Gasteiger partial charge in [-0.3, -0.25) is 19.0 Å². The molecule has 0 aliphatic heterocycles. The van der Waals surface area contributed by atoms with Crippen LogP contribution in [0.5, 0.6) is 0 Å². The Bertz CT molecular complexity index is 1820. The summed E-state index contributed by atoms with van der Waals surface area (Å²) in [6.45, 7) is 1.86. The molecule has 0 saturated carbocycles. The molecule has 0 spiro atoms. The van der Waals surface area contributed by atoms with Crippen molar-refractivity contribution in [3.05, 3.63) is 122 Å². The molecule has 0 saturated heterocycles. The summed E-state index contributed by atoms with van der Waals surface area (Å²) < 4.78 is 42.0. The molecule has 0 aliphatic carbocycles. The number of thioether (sulfide) groups is 1. The number of benzene rings is 3. The number of nitrogens with zero attached hydrogens (tertiary/aromatic N) is 2. The smallest absolute Gasteiger partial charge is 0.321 e. The van der Waals surface area contributed by atoms with Crippen molar-refractivity contribution in [1.29, 1.82) is 0 Å². The highest BCUT2D eigenvalue weighted by Gasteiger charge is 2.34. The summed E-state index contributed by atoms with van der Waals surface area (Å²) in [7, 11) is 0. The lowest BCUT2D eigenvalue weighted by molar-refractivity contribution is -0.136. The van der Waals surface area contributed by atoms with Gasteiger partial charge in [-0.25, -0.2) is 4.98 Å². The molecule has 0 aliphatic rings. The summed E-state index contributed by atoms with van der Waals surface area (Å²) in [6.07, 6.45) is -4.13. The number of aromatic nitrogens is 2. The summed E-state index contributed by atoms with van der Waals surface area (Å²) in [5, 5.41) is 2.90. The predicted octanol–water partition coefficient (Wildman–Crippen LogP) is 7.26. The number of aryl methyl sites for hydroxylation is 2. The Morgan fingerprint density at radius 3 is 2.29 bits per heavy atom. The lowest BCUT2D eigenvalue weighted by atomic mass is 10.1. The first-order chi connectivity index (χ1) is 20.1. The molecular weight excluding hydrogens is 583 g/mol. The Kier molecular flexibility index (Phi) is 8.60. The average molecular weight is 608 g/mol. The molecule has 0 atom stereocenters. The Labute approximate surface area is 247 Å². The van der Waals surface area contributed by atoms with Crippen molar-refractivity contribution in [2.75, 3.05) is 11.1 Å². The van der Waals surface area contributed by atoms with Crippen molar-refractivity contribution in [3.63, 3.8) is 0 Å². The molecule has 42 heavy (non-hydrogen) atoms. The quantitative estimate of drug-likeness (QED) is 0.108. The number of hydrogen-bond donors (Lipinski definition) is 1. The first kappa shape index (κ1) is 29.3. The van der Waals surface area contributed by atoms with Crippen LogP contribution < -0.4 is 10.9 Å². The first-order valence-corrected chi connectivity index (χ1v) is 14.7. The van der Waals surface area contributed by atoms with Crippen molar-refractivity contribution in [1.82, 2.24) is 9.55 Å². The van der Waals surface area contributed by atoms with Gasteiger partial charge in [-0.1, -0.05) is 84.6 Å². The Balaban J connectivity index is 1.51. The van der Waals surface area contributed by atoms with Gasteiger partial charge in [0.1, 0.15) is 4.83 Å². The van der Waals surface area contributed by atoms with Crippen LogP contribution in [-0.4, -0.2) is 27.0 Å². The second-order valence-corrected chi connectivity index (χ2v) is 11.3. The summed E-state index contributed by atoms with van der Waals surface area (Å²) >= 11 is 2.06. The molecular formula is C31H24F3N3O3S2. The van der Waals surface area contributed by atoms with E-state index in [4.69, 9.17) is 0 Å². The normalized spacial score (nSPS) is 11.5. The summed E-state index contributed by atoms with van der Waals surface area (Å²) in [6, 6.07) is 23.1. The molecule has 11 heteroatoms. The van der Waals surface area contributed by atoms with Crippen LogP contribution in [-0.2, 0) is 19.1 Å². The van der Waals surface area contributed by atoms with E-state index >= 15 is 0 Å². The van der Waals surface area contributed by atoms with E-state index in [9.17, 15) is 27.6 Å². The number of Topliss-reactive ketones (excluding diaryl/α,β-unsaturated/α-hetero) is 1. The van der Waals surface area contributed by atoms with Gasteiger partial charge in [0.2, 0.25) is 0 Å². The van der Waals surface area contributed by atoms with Crippen LogP contribution in [0.4, 0.5) is 18.9 Å². The number of nitrogens with one attached hydrogen (secondary N) is 1. The van der Waals surface area contributed by atoms with E-state index in [0.717, 1.165) is 34.7 Å². The van der Waals surface area contributed by atoms with E-state index in [1.807, 2.05) is 36.4 Å². The molecule has 0 radical (unpaired) electrons. The molecule has 2 aromatic heterocycles. The third-order valence-corrected chi connectivity index (χ3v) is 8.76. The molecule has 214 valence electrons. The Morgan fingerprint density at radius 1 is 0.952 bits per heavy atom. The molecule has 3 aromatic carbocycles. The van der Waals surface area contributed by atoms with Crippen LogP contribution in [0.3, 0.4) is 0 Å². The lowest BCUT2D eigenvalue weighted by Crippen LogP contribution is -2.25. The van der Waals surface area contributed by atoms with Gasteiger partial charge >= 0.3 is 6.18 Å². The van der Waals surface area contributed by atoms with E-state index in [1.54, 1.807) is 31.2 Å². The van der Waals surface area contributed by atoms with E-state index < -0.39 is 17.6 Å². The van der Waals surface area contributed by atoms with Gasteiger partial charge in [0.25, 0.3) is 11.5 Å². The maximum atomic E-state index is 13.8. The van der Waals surface area contributed by atoms with Gasteiger partial charge < -0.3 is 5.32 Å². The largest absolute Gasteiger partial charge is 0.418 e. The molecule has 5 aromatic rings. The van der Waals surface area contributed by atoms with Gasteiger partial charge in [0.15, 0.2) is 10.9 Å². The summed E-state index contributed by atoms with van der Waals surface area (Å²) in [5.74, 6) is -0.856. The standard InChI is InChI=1S/C31H24F3N3O3S2/c1-19-25-28(42-26(19)27(39)35-23-15-9-8-14-22(23)31(32,33)34)36-30(41-18-24(38)21-12-6-3-7-13-21)37(29(25)40)17-16-20-10-4-2-5-11-20/h2-15H,16-18H2,1H3,(H,35,39). The van der Waals surface area contributed by atoms with Gasteiger partial charge in [-0.2, -0.15) is 13.2 Å². The molecule has 0 fully saturated rings. The lowest BCUT2D eigenvalue weighted by Gasteiger charge is -2.13. The van der Waals surface area contributed by atoms with Gasteiger partial charge in [0.05, 0.1) is 27.3 Å². The van der Waals surface area contributed by atoms with Crippen LogP contribution >= 0.6 is 23.1 Å². The second kappa shape index (κ2) is 12.3. The minimum absolute atomic E-state index is 0.0409. The maximum Gasteiger partial charge on any atom is 0.418 e. The van der Waals surface area contributed by atoms with Gasteiger partial charge in [-0.05, 0) is 36.6 Å². The number of halogens is 3. The monoisotopic (exact) mass is 607 g/mol. The topological polar surface area (TPSA) is 81.1 Å². The predicted molar refractivity (Wildman–Crippen MR) is 160 cm³/mol. The first-order valence-electron chi connectivity index (χ1n) is 12.9. The van der Waals surface area contributed by atoms with E-state index in [-0.39, 0.29) is 44.4 Å². The highest BCUT2D eigenvalue weighted by atomic mass is 32.2. The molecule has 1 amide bonds. The molecule has 0 unspecified atom stereocenters. The van der Waals surface area contributed by atoms with E-state index in [0.29, 0.717) is 22.7 Å². The molecule has 1 N–H and O–H groups in total. The zero-order chi connectivity index (χ0) is 29.9. The van der Waals surface area contributed by atoms with E-state index in [1.165, 1.54) is 22.8 Å². The summed E-state index contributed by atoms with van der Waals surface area (Å²) in [4.78, 5) is 44.9. The molecule has 6 nitrogen and oxygen atoms in total. The number of fused-ring (bicyclic) bond motifs is 1. The molecule has 0 bridgehead atoms. The highest BCUT2D eigenvalue weighted by molar-refractivity contribution is 7.99. The minimum Gasteiger partial charge on any atom is -0.321 e. The van der Waals surface area contributed by atoms with E-state index in [2.05, 4.69) is 10.3 Å². The van der Waals surface area contributed by atoms with Crippen molar-refractivity contribution in [2.24, 2.45) is 0 Å². The van der Waals surface area contributed by atoms with Crippen LogP contribution in [0, 0.1) is 6.92 Å². The van der Waals surface area contributed by atoms with Gasteiger partial charge in [-0.15, -0.1) is 11.3 Å². The third-order valence-electron chi connectivity index (χ3n) is 6.60. The Hall–Kier alpha value is -4.22. The number of carbonyl (C=O) groups is 2. The summed E-state index contributed by atoms with van der Waals surface area (Å²) in [5.41, 5.74) is 0.144. The fourth-order valence-electron chi connectivity index (χ4n) is 4.46. The number of anilines is 1. The molecule has 5 rings (SSSR count). The number of alkyl halides is 3. The third kappa shape index (κ3) is 6.32. The number of amides is 1. The number of rotatable bonds is 9. The van der Waals surface area contributed by atoms with Crippen LogP contribution in [0.2, 0.25) is 0 Å². The van der Waals surface area contributed by atoms with Crippen molar-refractivity contribution >= 4 is 50.7 Å². The van der Waals surface area contributed by atoms with Crippen molar-refractivity contribution in [3.8, 4) is 0 Å². The van der Waals surface area contributed by atoms with Crippen LogP contribution in [0.15, 0.2) is 94.9 Å². The van der Waals surface area contributed by atoms with Crippen LogP contribution in [0.1, 0.15) is 36.7 Å². The van der Waals surface area contributed by atoms with Crippen LogP contribution in [0.25, 0.3) is 10.2 Å². The fraction of sp³-hybridized carbons (Fsp3) is 0.161. The van der Waals surface area contributed by atoms with Gasteiger partial charge in [0, 0.05) is 12.1 Å². The zero-order valence-corrected chi connectivity index (χ0v) is 23.9. The number of para-hydroxylation sites is 1. The highest BCUT2D eigenvalue weighted by Crippen LogP contribution is 2.36. The number of ketones is 1. The number of thiophene rings is 1. The minimum atomic E-state index is -4.66. The fourth-order valence-corrected chi connectivity index (χ4v) is 6.50. The number of carbonyl (C=O) groups excluding carboxylic acids is 2. The Morgan fingerprint density at radius 2 is 1.60 bits per heavy atom. The van der Waals surface area contributed by atoms with Crippen molar-refractivity contribution in [2.45, 2.75) is 31.2 Å². The number of hydrogen-bond acceptors (Lipinski definition) is 6.